The van der Waals surface area contributed by atoms with E-state index in [1.165, 1.54) is 0 Å². The maximum atomic E-state index is 12.7. The van der Waals surface area contributed by atoms with Gasteiger partial charge < -0.3 is 14.2 Å². The van der Waals surface area contributed by atoms with Crippen LogP contribution in [0.1, 0.15) is 26.2 Å². The van der Waals surface area contributed by atoms with Gasteiger partial charge in [-0.15, -0.1) is 0 Å². The molecule has 0 amide bonds. The van der Waals surface area contributed by atoms with E-state index in [0.717, 1.165) is 6.42 Å². The first kappa shape index (κ1) is 11.7. The molecule has 0 radical (unpaired) electrons. The zero-order valence-electron chi connectivity index (χ0n) is 9.00. The minimum absolute atomic E-state index is 0.413. The number of esters is 1. The van der Waals surface area contributed by atoms with Crippen molar-refractivity contribution in [1.29, 1.82) is 0 Å². The number of carbonyl (C=O) groups is 1. The molecule has 4 nitrogen and oxygen atoms in total. The van der Waals surface area contributed by atoms with Crippen molar-refractivity contribution in [1.82, 2.24) is 0 Å². The first-order chi connectivity index (χ1) is 7.44. The summed E-state index contributed by atoms with van der Waals surface area (Å²) in [7, 11) is 0. The summed E-state index contributed by atoms with van der Waals surface area (Å²) in [5, 5.41) is 0. The normalized spacial score (nSPS) is 28.6. The van der Waals surface area contributed by atoms with E-state index in [1.54, 1.807) is 0 Å². The zero-order valence-corrected chi connectivity index (χ0v) is 9.00. The molecule has 0 N–H and O–H groups in total. The fourth-order valence-corrected chi connectivity index (χ4v) is 2.10. The van der Waals surface area contributed by atoms with Gasteiger partial charge in [-0.1, -0.05) is 0 Å². The maximum Gasteiger partial charge on any atom is 0.377 e. The molecule has 1 aliphatic heterocycles. The summed E-state index contributed by atoms with van der Waals surface area (Å²) in [6.45, 7) is 1.35. The first-order valence-electron chi connectivity index (χ1n) is 5.31. The van der Waals surface area contributed by atoms with Gasteiger partial charge in [-0.2, -0.15) is 8.78 Å². The quantitative estimate of drug-likeness (QED) is 0.681. The number of hydrogen-bond donors (Lipinski definition) is 0. The lowest BCUT2D eigenvalue weighted by Gasteiger charge is -2.29. The number of carbonyl (C=O) groups excluding carboxylic acids is 1. The van der Waals surface area contributed by atoms with Crippen LogP contribution in [0.4, 0.5) is 8.78 Å². The Morgan fingerprint density at radius 1 is 1.44 bits per heavy atom. The van der Waals surface area contributed by atoms with Gasteiger partial charge in [0.15, 0.2) is 6.10 Å². The zero-order chi connectivity index (χ0) is 11.8. The van der Waals surface area contributed by atoms with Gasteiger partial charge in [-0.3, -0.25) is 0 Å². The highest BCUT2D eigenvalue weighted by Crippen LogP contribution is 2.40. The monoisotopic (exact) mass is 236 g/mol. The molecular weight excluding hydrogens is 222 g/mol. The molecule has 1 atom stereocenters. The van der Waals surface area contributed by atoms with Crippen LogP contribution >= 0.6 is 0 Å². The summed E-state index contributed by atoms with van der Waals surface area (Å²) < 4.78 is 40.9. The number of halogens is 2. The predicted octanol–water partition coefficient (Wildman–Crippen LogP) is 1.48. The van der Waals surface area contributed by atoms with Gasteiger partial charge in [0.25, 0.3) is 0 Å². The van der Waals surface area contributed by atoms with E-state index < -0.39 is 23.8 Å². The first-order valence-corrected chi connectivity index (χ1v) is 5.31. The molecule has 6 heteroatoms. The van der Waals surface area contributed by atoms with Crippen molar-refractivity contribution in [3.63, 3.8) is 0 Å². The topological polar surface area (TPSA) is 44.8 Å². The predicted molar refractivity (Wildman–Crippen MR) is 49.0 cm³/mol. The van der Waals surface area contributed by atoms with Crippen LogP contribution in [0.5, 0.6) is 0 Å². The van der Waals surface area contributed by atoms with E-state index in [0.29, 0.717) is 33.0 Å². The van der Waals surface area contributed by atoms with Crippen LogP contribution in [0.25, 0.3) is 0 Å². The molecule has 1 heterocycles. The van der Waals surface area contributed by atoms with Gasteiger partial charge in [0, 0.05) is 13.3 Å². The van der Waals surface area contributed by atoms with Gasteiger partial charge in [0.05, 0.1) is 13.2 Å². The van der Waals surface area contributed by atoms with Gasteiger partial charge in [0.2, 0.25) is 5.79 Å². The van der Waals surface area contributed by atoms with Gasteiger partial charge in [-0.05, 0) is 12.8 Å². The lowest BCUT2D eigenvalue weighted by atomic mass is 10.2. The standard InChI is InChI=1S/C10H14F2O4/c1-9(11,12)8(13)16-7-3-2-4-10(7)14-5-6-15-10/h7H,2-6H2,1H3. The Bertz CT molecular complexity index is 276. The van der Waals surface area contributed by atoms with Gasteiger partial charge >= 0.3 is 11.9 Å². The molecule has 2 fully saturated rings. The molecule has 1 unspecified atom stereocenters. The van der Waals surface area contributed by atoms with Crippen LogP contribution in [-0.4, -0.2) is 37.0 Å². The molecule has 0 aromatic rings. The van der Waals surface area contributed by atoms with Crippen LogP contribution in [-0.2, 0) is 19.0 Å². The highest BCUT2D eigenvalue weighted by Gasteiger charge is 2.52. The molecule has 1 spiro atoms. The molecule has 1 aliphatic carbocycles. The summed E-state index contributed by atoms with van der Waals surface area (Å²) >= 11 is 0. The van der Waals surface area contributed by atoms with Crippen LogP contribution in [0, 0.1) is 0 Å². The smallest absolute Gasteiger partial charge is 0.377 e. The molecule has 1 saturated heterocycles. The Balaban J connectivity index is 2.02. The summed E-state index contributed by atoms with van der Waals surface area (Å²) in [4.78, 5) is 11.1. The van der Waals surface area contributed by atoms with Crippen LogP contribution < -0.4 is 0 Å². The number of hydrogen-bond acceptors (Lipinski definition) is 4. The minimum Gasteiger partial charge on any atom is -0.452 e. The second kappa shape index (κ2) is 3.92. The number of rotatable bonds is 2. The van der Waals surface area contributed by atoms with Gasteiger partial charge in [-0.25, -0.2) is 4.79 Å². The SMILES string of the molecule is CC(F)(F)C(=O)OC1CCCC12OCCO2. The largest absolute Gasteiger partial charge is 0.452 e. The van der Waals surface area contributed by atoms with Crippen molar-refractivity contribution in [2.45, 2.75) is 44.0 Å². The van der Waals surface area contributed by atoms with E-state index in [4.69, 9.17) is 14.2 Å². The van der Waals surface area contributed by atoms with Crippen LogP contribution in [0.2, 0.25) is 0 Å². The molecule has 0 aromatic carbocycles. The van der Waals surface area contributed by atoms with Crippen molar-refractivity contribution in [2.75, 3.05) is 13.2 Å². The van der Waals surface area contributed by atoms with E-state index in [-0.39, 0.29) is 0 Å². The molecule has 2 rings (SSSR count). The van der Waals surface area contributed by atoms with Crippen molar-refractivity contribution >= 4 is 5.97 Å². The Labute approximate surface area is 91.8 Å². The van der Waals surface area contributed by atoms with E-state index in [9.17, 15) is 13.6 Å². The third-order valence-corrected chi connectivity index (χ3v) is 2.87. The van der Waals surface area contributed by atoms with E-state index >= 15 is 0 Å². The lowest BCUT2D eigenvalue weighted by Crippen LogP contribution is -2.44. The summed E-state index contributed by atoms with van der Waals surface area (Å²) in [5.41, 5.74) is 0. The van der Waals surface area contributed by atoms with Crippen molar-refractivity contribution in [2.24, 2.45) is 0 Å². The molecule has 2 aliphatic rings. The fourth-order valence-electron chi connectivity index (χ4n) is 2.10. The molecular formula is C10H14F2O4. The highest BCUT2D eigenvalue weighted by molar-refractivity contribution is 5.77. The van der Waals surface area contributed by atoms with Crippen LogP contribution in [0.15, 0.2) is 0 Å². The van der Waals surface area contributed by atoms with Crippen molar-refractivity contribution in [3.8, 4) is 0 Å². The van der Waals surface area contributed by atoms with Crippen LogP contribution in [0.3, 0.4) is 0 Å². The second-order valence-corrected chi connectivity index (χ2v) is 4.18. The Hall–Kier alpha value is -0.750. The lowest BCUT2D eigenvalue weighted by molar-refractivity contribution is -0.228. The molecule has 92 valence electrons. The Morgan fingerprint density at radius 3 is 2.62 bits per heavy atom. The fraction of sp³-hybridized carbons (Fsp3) is 0.900. The Morgan fingerprint density at radius 2 is 2.06 bits per heavy atom. The minimum atomic E-state index is -3.47. The second-order valence-electron chi connectivity index (χ2n) is 4.18. The summed E-state index contributed by atoms with van der Waals surface area (Å²) in [6, 6.07) is 0. The van der Waals surface area contributed by atoms with Gasteiger partial charge in [0.1, 0.15) is 0 Å². The summed E-state index contributed by atoms with van der Waals surface area (Å²) in [5.74, 6) is -5.96. The maximum absolute atomic E-state index is 12.7. The third kappa shape index (κ3) is 2.04. The van der Waals surface area contributed by atoms with Crippen molar-refractivity contribution in [3.05, 3.63) is 0 Å². The summed E-state index contributed by atoms with van der Waals surface area (Å²) in [6.07, 6.45) is 1.11. The molecule has 1 saturated carbocycles. The Kier molecular flexibility index (Phi) is 2.88. The highest BCUT2D eigenvalue weighted by atomic mass is 19.3. The molecule has 16 heavy (non-hydrogen) atoms. The molecule has 0 aromatic heterocycles. The van der Waals surface area contributed by atoms with E-state index in [2.05, 4.69) is 0 Å². The average molecular weight is 236 g/mol. The van der Waals surface area contributed by atoms with E-state index in [1.807, 2.05) is 0 Å². The average Bonchev–Trinajstić information content (AvgIpc) is 2.78. The molecule has 0 bridgehead atoms. The third-order valence-electron chi connectivity index (χ3n) is 2.87. The number of ether oxygens (including phenoxy) is 3. The van der Waals surface area contributed by atoms with Crippen molar-refractivity contribution < 1.29 is 27.8 Å². The number of alkyl halides is 2.